The minimum Gasteiger partial charge on any atom is -0.349 e. The Labute approximate surface area is 105 Å². The third-order valence-electron chi connectivity index (χ3n) is 4.18. The molecular formula is C12H17N3OS. The van der Waals surface area contributed by atoms with Crippen LogP contribution < -0.4 is 11.1 Å². The number of thiazole rings is 1. The quantitative estimate of drug-likeness (QED) is 0.846. The fourth-order valence-corrected chi connectivity index (χ4v) is 3.90. The number of aromatic nitrogens is 1. The highest BCUT2D eigenvalue weighted by Gasteiger charge is 2.48. The van der Waals surface area contributed by atoms with Gasteiger partial charge in [-0.3, -0.25) is 4.79 Å². The van der Waals surface area contributed by atoms with Crippen molar-refractivity contribution in [1.82, 2.24) is 10.3 Å². The van der Waals surface area contributed by atoms with E-state index < -0.39 is 0 Å². The van der Waals surface area contributed by atoms with Gasteiger partial charge in [-0.2, -0.15) is 0 Å². The lowest BCUT2D eigenvalue weighted by molar-refractivity contribution is -0.127. The average Bonchev–Trinajstić information content (AvgIpc) is 3.02. The number of rotatable bonds is 3. The molecule has 0 radical (unpaired) electrons. The van der Waals surface area contributed by atoms with Crippen molar-refractivity contribution in [2.24, 2.45) is 23.5 Å². The van der Waals surface area contributed by atoms with Crippen LogP contribution >= 0.6 is 11.3 Å². The number of fused-ring (bicyclic) bond motifs is 2. The van der Waals surface area contributed by atoms with Crippen molar-refractivity contribution in [2.75, 3.05) is 0 Å². The Kier molecular flexibility index (Phi) is 2.88. The Hall–Kier alpha value is -0.940. The third-order valence-corrected chi connectivity index (χ3v) is 4.96. The van der Waals surface area contributed by atoms with Crippen molar-refractivity contribution < 1.29 is 4.79 Å². The molecule has 17 heavy (non-hydrogen) atoms. The molecule has 0 aliphatic heterocycles. The van der Waals surface area contributed by atoms with Crippen molar-refractivity contribution in [3.63, 3.8) is 0 Å². The molecule has 5 heteroatoms. The van der Waals surface area contributed by atoms with Crippen LogP contribution in [0.15, 0.2) is 11.6 Å². The molecular weight excluding hydrogens is 234 g/mol. The highest BCUT2D eigenvalue weighted by Crippen LogP contribution is 2.47. The first kappa shape index (κ1) is 11.2. The Morgan fingerprint density at radius 3 is 3.00 bits per heavy atom. The predicted molar refractivity (Wildman–Crippen MR) is 66.3 cm³/mol. The van der Waals surface area contributed by atoms with E-state index in [0.717, 1.165) is 11.4 Å². The van der Waals surface area contributed by atoms with Crippen LogP contribution in [0.1, 0.15) is 24.3 Å². The summed E-state index contributed by atoms with van der Waals surface area (Å²) in [6, 6.07) is 0.0741. The summed E-state index contributed by atoms with van der Waals surface area (Å²) in [6.45, 7) is 0.539. The number of hydrogen-bond acceptors (Lipinski definition) is 4. The number of hydrogen-bond donors (Lipinski definition) is 2. The van der Waals surface area contributed by atoms with E-state index >= 15 is 0 Å². The maximum atomic E-state index is 12.1. The molecule has 92 valence electrons. The highest BCUT2D eigenvalue weighted by atomic mass is 32.1. The molecule has 2 aliphatic carbocycles. The van der Waals surface area contributed by atoms with Crippen LogP contribution in [0, 0.1) is 17.8 Å². The van der Waals surface area contributed by atoms with Gasteiger partial charge in [0.2, 0.25) is 5.91 Å². The first-order chi connectivity index (χ1) is 8.25. The minimum atomic E-state index is 0.0358. The van der Waals surface area contributed by atoms with E-state index in [9.17, 15) is 4.79 Å². The molecule has 3 rings (SSSR count). The topological polar surface area (TPSA) is 68.0 Å². The second-order valence-corrected chi connectivity index (χ2v) is 6.06. The Morgan fingerprint density at radius 1 is 1.53 bits per heavy atom. The van der Waals surface area contributed by atoms with Crippen LogP contribution in [0.25, 0.3) is 0 Å². The molecule has 4 unspecified atom stereocenters. The van der Waals surface area contributed by atoms with Crippen LogP contribution in [-0.4, -0.2) is 16.9 Å². The smallest absolute Gasteiger partial charge is 0.225 e. The molecule has 0 aromatic carbocycles. The van der Waals surface area contributed by atoms with Crippen molar-refractivity contribution in [2.45, 2.75) is 31.8 Å². The summed E-state index contributed by atoms with van der Waals surface area (Å²) >= 11 is 1.57. The minimum absolute atomic E-state index is 0.0358. The summed E-state index contributed by atoms with van der Waals surface area (Å²) in [4.78, 5) is 16.3. The molecule has 2 fully saturated rings. The number of carbonyl (C=O) groups is 1. The number of nitrogens with zero attached hydrogens (tertiary/aromatic N) is 1. The lowest BCUT2D eigenvalue weighted by Crippen LogP contribution is -2.45. The average molecular weight is 251 g/mol. The first-order valence-corrected chi connectivity index (χ1v) is 7.05. The number of nitrogens with one attached hydrogen (secondary N) is 1. The fraction of sp³-hybridized carbons (Fsp3) is 0.667. The lowest BCUT2D eigenvalue weighted by atomic mass is 9.84. The SMILES string of the molecule is NC1C2CCC(C2)C1C(=O)NCc1nccs1. The second-order valence-electron chi connectivity index (χ2n) is 5.08. The monoisotopic (exact) mass is 251 g/mol. The van der Waals surface area contributed by atoms with Crippen LogP contribution in [0.4, 0.5) is 0 Å². The van der Waals surface area contributed by atoms with Gasteiger partial charge in [0.15, 0.2) is 0 Å². The summed E-state index contributed by atoms with van der Waals surface area (Å²) in [5.41, 5.74) is 6.14. The zero-order valence-electron chi connectivity index (χ0n) is 9.63. The number of nitrogens with two attached hydrogens (primary N) is 1. The molecule has 1 amide bonds. The maximum absolute atomic E-state index is 12.1. The van der Waals surface area contributed by atoms with E-state index in [-0.39, 0.29) is 17.9 Å². The van der Waals surface area contributed by atoms with Gasteiger partial charge in [-0.1, -0.05) is 0 Å². The van der Waals surface area contributed by atoms with Gasteiger partial charge in [0.05, 0.1) is 12.5 Å². The van der Waals surface area contributed by atoms with E-state index in [4.69, 9.17) is 5.73 Å². The van der Waals surface area contributed by atoms with Crippen molar-refractivity contribution in [3.05, 3.63) is 16.6 Å². The molecule has 4 atom stereocenters. The summed E-state index contributed by atoms with van der Waals surface area (Å²) < 4.78 is 0. The summed E-state index contributed by atoms with van der Waals surface area (Å²) in [5, 5.41) is 5.85. The predicted octanol–water partition coefficient (Wildman–Crippen LogP) is 1.13. The summed E-state index contributed by atoms with van der Waals surface area (Å²) in [6.07, 6.45) is 5.29. The van der Waals surface area contributed by atoms with Crippen molar-refractivity contribution >= 4 is 17.2 Å². The molecule has 2 saturated carbocycles. The fourth-order valence-electron chi connectivity index (χ4n) is 3.35. The largest absolute Gasteiger partial charge is 0.349 e. The van der Waals surface area contributed by atoms with Crippen LogP contribution in [0.3, 0.4) is 0 Å². The van der Waals surface area contributed by atoms with Gasteiger partial charge in [0.25, 0.3) is 0 Å². The molecule has 3 N–H and O–H groups in total. The molecule has 4 nitrogen and oxygen atoms in total. The van der Waals surface area contributed by atoms with E-state index in [1.807, 2.05) is 5.38 Å². The van der Waals surface area contributed by atoms with Gasteiger partial charge in [-0.05, 0) is 31.1 Å². The lowest BCUT2D eigenvalue weighted by Gasteiger charge is -2.26. The van der Waals surface area contributed by atoms with Crippen LogP contribution in [0.2, 0.25) is 0 Å². The summed E-state index contributed by atoms with van der Waals surface area (Å²) in [7, 11) is 0. The molecule has 0 saturated heterocycles. The van der Waals surface area contributed by atoms with Gasteiger partial charge in [-0.25, -0.2) is 4.98 Å². The highest BCUT2D eigenvalue weighted by molar-refractivity contribution is 7.09. The number of amides is 1. The van der Waals surface area contributed by atoms with Gasteiger partial charge in [0.1, 0.15) is 5.01 Å². The molecule has 1 aromatic heterocycles. The normalized spacial score (nSPS) is 35.1. The summed E-state index contributed by atoms with van der Waals surface area (Å²) in [5.74, 6) is 1.26. The van der Waals surface area contributed by atoms with Gasteiger partial charge < -0.3 is 11.1 Å². The molecule has 0 spiro atoms. The molecule has 1 heterocycles. The standard InChI is InChI=1S/C12H17N3OS/c13-11-8-2-1-7(5-8)10(11)12(16)15-6-9-14-3-4-17-9/h3-4,7-8,10-11H,1-2,5-6,13H2,(H,15,16). The maximum Gasteiger partial charge on any atom is 0.225 e. The van der Waals surface area contributed by atoms with E-state index in [1.165, 1.54) is 12.8 Å². The number of carbonyl (C=O) groups excluding carboxylic acids is 1. The van der Waals surface area contributed by atoms with Crippen LogP contribution in [0.5, 0.6) is 0 Å². The second kappa shape index (κ2) is 4.38. The first-order valence-electron chi connectivity index (χ1n) is 6.17. The molecule has 2 bridgehead atoms. The zero-order valence-corrected chi connectivity index (χ0v) is 10.5. The van der Waals surface area contributed by atoms with Gasteiger partial charge in [0, 0.05) is 17.6 Å². The van der Waals surface area contributed by atoms with Crippen molar-refractivity contribution in [1.29, 1.82) is 0 Å². The Balaban J connectivity index is 1.59. The molecule has 2 aliphatic rings. The zero-order chi connectivity index (χ0) is 11.8. The van der Waals surface area contributed by atoms with E-state index in [0.29, 0.717) is 18.4 Å². The Bertz CT molecular complexity index is 404. The van der Waals surface area contributed by atoms with Gasteiger partial charge in [-0.15, -0.1) is 11.3 Å². The van der Waals surface area contributed by atoms with Crippen LogP contribution in [-0.2, 0) is 11.3 Å². The van der Waals surface area contributed by atoms with E-state index in [1.54, 1.807) is 17.5 Å². The molecule has 1 aromatic rings. The Morgan fingerprint density at radius 2 is 2.35 bits per heavy atom. The third kappa shape index (κ3) is 1.98. The van der Waals surface area contributed by atoms with E-state index in [2.05, 4.69) is 10.3 Å². The van der Waals surface area contributed by atoms with Gasteiger partial charge >= 0.3 is 0 Å². The van der Waals surface area contributed by atoms with Crippen molar-refractivity contribution in [3.8, 4) is 0 Å².